The Morgan fingerprint density at radius 1 is 0.672 bits per heavy atom. The van der Waals surface area contributed by atoms with E-state index in [4.69, 9.17) is 17.6 Å². The Balaban J connectivity index is 0.000000216. The minimum absolute atomic E-state index is 0.143. The van der Waals surface area contributed by atoms with Crippen LogP contribution in [0.4, 0.5) is 30.2 Å². The molecule has 0 unspecified atom stereocenters. The monoisotopic (exact) mass is 867 g/mol. The number of nitriles is 1. The van der Waals surface area contributed by atoms with Crippen LogP contribution in [-0.2, 0) is 6.54 Å². The third-order valence-corrected chi connectivity index (χ3v) is 11.3. The van der Waals surface area contributed by atoms with Gasteiger partial charge in [0.1, 0.15) is 17.5 Å². The van der Waals surface area contributed by atoms with Gasteiger partial charge in [-0.2, -0.15) is 5.26 Å². The maximum atomic E-state index is 14.0. The van der Waals surface area contributed by atoms with Crippen LogP contribution in [0.2, 0.25) is 0 Å². The van der Waals surface area contributed by atoms with E-state index in [-0.39, 0.29) is 17.5 Å². The van der Waals surface area contributed by atoms with Gasteiger partial charge in [0, 0.05) is 90.1 Å². The number of hydrogen-bond acceptors (Lipinski definition) is 8. The van der Waals surface area contributed by atoms with Crippen molar-refractivity contribution >= 4 is 33.0 Å². The molecule has 13 heteroatoms. The molecule has 3 aromatic carbocycles. The zero-order chi connectivity index (χ0) is 42.6. The van der Waals surface area contributed by atoms with E-state index in [2.05, 4.69) is 92.1 Å². The summed E-state index contributed by atoms with van der Waals surface area (Å²) in [6.45, 7) is 33.2. The third kappa shape index (κ3) is 16.2. The summed E-state index contributed by atoms with van der Waals surface area (Å²) in [7, 11) is 0. The summed E-state index contributed by atoms with van der Waals surface area (Å²) < 4.78 is 40.7. The second kappa shape index (κ2) is 25.7. The lowest BCUT2D eigenvalue weighted by Gasteiger charge is -2.26. The highest BCUT2D eigenvalue weighted by molar-refractivity contribution is 9.10. The molecule has 3 saturated heterocycles. The van der Waals surface area contributed by atoms with E-state index in [1.54, 1.807) is 12.1 Å². The van der Waals surface area contributed by atoms with E-state index in [9.17, 15) is 13.2 Å². The smallest absolute Gasteiger partial charge is 0.189 e. The lowest BCUT2D eigenvalue weighted by Crippen LogP contribution is -2.35. The molecule has 0 bridgehead atoms. The zero-order valence-corrected chi connectivity index (χ0v) is 37.0. The first-order valence-corrected chi connectivity index (χ1v) is 21.5. The van der Waals surface area contributed by atoms with Gasteiger partial charge in [-0.3, -0.25) is 14.7 Å². The van der Waals surface area contributed by atoms with Crippen LogP contribution in [0.15, 0.2) is 59.1 Å². The predicted octanol–water partition coefficient (Wildman–Crippen LogP) is 8.65. The van der Waals surface area contributed by atoms with Crippen molar-refractivity contribution in [3.8, 4) is 6.07 Å². The summed E-state index contributed by atoms with van der Waals surface area (Å²) in [5, 5.41) is 11.8. The van der Waals surface area contributed by atoms with Crippen molar-refractivity contribution < 1.29 is 13.2 Å². The molecule has 0 radical (unpaired) electrons. The van der Waals surface area contributed by atoms with Crippen molar-refractivity contribution in [1.29, 1.82) is 5.26 Å². The van der Waals surface area contributed by atoms with Crippen molar-refractivity contribution in [2.45, 2.75) is 85.5 Å². The van der Waals surface area contributed by atoms with Crippen LogP contribution in [0.5, 0.6) is 0 Å². The third-order valence-electron chi connectivity index (χ3n) is 10.7. The predicted molar refractivity (Wildman–Crippen MR) is 237 cm³/mol. The molecule has 3 aliphatic rings. The van der Waals surface area contributed by atoms with E-state index in [0.29, 0.717) is 45.7 Å². The van der Waals surface area contributed by atoms with Gasteiger partial charge < -0.3 is 20.9 Å². The van der Waals surface area contributed by atoms with Crippen molar-refractivity contribution in [2.75, 3.05) is 88.3 Å². The molecule has 58 heavy (non-hydrogen) atoms. The van der Waals surface area contributed by atoms with E-state index in [1.807, 2.05) is 12.1 Å². The minimum Gasteiger partial charge on any atom is -0.369 e. The topological polar surface area (TPSA) is 82.4 Å². The van der Waals surface area contributed by atoms with Gasteiger partial charge in [0.15, 0.2) is 5.69 Å². The molecular weight excluding hydrogens is 803 g/mol. The number of nitrogens with two attached hydrogens (primary N) is 1. The Morgan fingerprint density at radius 2 is 1.19 bits per heavy atom. The van der Waals surface area contributed by atoms with Gasteiger partial charge in [-0.25, -0.2) is 18.0 Å². The molecule has 3 heterocycles. The minimum atomic E-state index is -0.348. The first kappa shape index (κ1) is 48.7. The Hall–Kier alpha value is -3.69. The molecule has 3 fully saturated rings. The molecule has 0 saturated carbocycles. The number of benzene rings is 3. The van der Waals surface area contributed by atoms with Crippen LogP contribution >= 0.6 is 15.9 Å². The van der Waals surface area contributed by atoms with Crippen LogP contribution in [0.1, 0.15) is 71.9 Å². The Labute approximate surface area is 354 Å². The number of nitrogens with one attached hydrogen (secondary N) is 1. The number of rotatable bonds is 6. The number of halogens is 4. The lowest BCUT2D eigenvalue weighted by molar-refractivity contribution is 0.237. The molecule has 3 aliphatic heterocycles. The van der Waals surface area contributed by atoms with Crippen LogP contribution in [0.25, 0.3) is 4.85 Å². The molecule has 3 aromatic rings. The van der Waals surface area contributed by atoms with Gasteiger partial charge in [0.2, 0.25) is 0 Å². The summed E-state index contributed by atoms with van der Waals surface area (Å²) in [6, 6.07) is 17.6. The number of nitrogens with zero attached hydrogens (tertiary/aromatic N) is 7. The van der Waals surface area contributed by atoms with Gasteiger partial charge in [0.05, 0.1) is 34.1 Å². The van der Waals surface area contributed by atoms with Crippen LogP contribution in [0, 0.1) is 35.4 Å². The Kier molecular flexibility index (Phi) is 21.6. The molecule has 6 rings (SSSR count). The SMILES string of the molecule is CC(C)N1CCCN(c2cc(CN)ccc2F)CC1.CC(C)N1CCCNCC1.N#Cc1ccc(F)c(Br)c1.[C-]#[N+]c1ccc(F)c(N2CCCN(C(C)C)CC2)c1. The van der Waals surface area contributed by atoms with Gasteiger partial charge >= 0.3 is 0 Å². The van der Waals surface area contributed by atoms with E-state index < -0.39 is 0 Å². The van der Waals surface area contributed by atoms with Crippen LogP contribution in [-0.4, -0.2) is 111 Å². The van der Waals surface area contributed by atoms with E-state index >= 15 is 0 Å². The Morgan fingerprint density at radius 3 is 1.71 bits per heavy atom. The Bertz CT molecular complexity index is 1750. The second-order valence-electron chi connectivity index (χ2n) is 15.7. The average Bonchev–Trinajstić information content (AvgIpc) is 3.75. The highest BCUT2D eigenvalue weighted by Crippen LogP contribution is 2.27. The maximum Gasteiger partial charge on any atom is 0.189 e. The normalized spacial score (nSPS) is 17.0. The highest BCUT2D eigenvalue weighted by Gasteiger charge is 2.21. The number of anilines is 2. The average molecular weight is 869 g/mol. The summed E-state index contributed by atoms with van der Waals surface area (Å²) in [5.74, 6) is -0.723. The molecule has 0 spiro atoms. The molecule has 0 aromatic heterocycles. The maximum absolute atomic E-state index is 14.0. The lowest BCUT2D eigenvalue weighted by atomic mass is 10.1. The summed E-state index contributed by atoms with van der Waals surface area (Å²) in [6.07, 6.45) is 3.41. The first-order valence-electron chi connectivity index (χ1n) is 20.7. The molecule has 3 N–H and O–H groups in total. The van der Waals surface area contributed by atoms with Crippen LogP contribution < -0.4 is 20.9 Å². The zero-order valence-electron chi connectivity index (χ0n) is 35.5. The highest BCUT2D eigenvalue weighted by atomic mass is 79.9. The molecule has 318 valence electrons. The summed E-state index contributed by atoms with van der Waals surface area (Å²) in [5.41, 5.74) is 8.85. The second-order valence-corrected chi connectivity index (χ2v) is 16.5. The van der Waals surface area contributed by atoms with Gasteiger partial charge in [0.25, 0.3) is 0 Å². The molecule has 9 nitrogen and oxygen atoms in total. The van der Waals surface area contributed by atoms with E-state index in [1.165, 1.54) is 62.5 Å². The van der Waals surface area contributed by atoms with Gasteiger partial charge in [-0.15, -0.1) is 0 Å². The van der Waals surface area contributed by atoms with Crippen molar-refractivity contribution in [3.63, 3.8) is 0 Å². The van der Waals surface area contributed by atoms with Crippen molar-refractivity contribution in [2.24, 2.45) is 5.73 Å². The fourth-order valence-corrected chi connectivity index (χ4v) is 7.46. The standard InChI is InChI=1S/C15H20FN3.C15H24FN3.C8H18N2.C7H3BrFN/c1-12(2)18-7-4-8-19(10-9-18)15-11-13(17-3)5-6-14(15)16;1-12(2)18-6-3-7-19(9-8-18)15-10-13(11-17)4-5-14(15)16;1-8(2)10-6-3-4-9-5-7-10;8-6-3-5(4-10)1-2-7(6)9/h5-6,11-12H,4,7-10H2,1-2H3;4-5,10,12H,3,6-9,11,17H2,1-2H3;8-9H,3-7H2,1-2H3;1-3H. The largest absolute Gasteiger partial charge is 0.369 e. The fourth-order valence-electron chi connectivity index (χ4n) is 7.08. The van der Waals surface area contributed by atoms with Crippen LogP contribution in [0.3, 0.4) is 0 Å². The van der Waals surface area contributed by atoms with Gasteiger partial charge in [-0.1, -0.05) is 12.1 Å². The number of hydrogen-bond donors (Lipinski definition) is 2. The van der Waals surface area contributed by atoms with E-state index in [0.717, 1.165) is 83.3 Å². The van der Waals surface area contributed by atoms with Gasteiger partial charge in [-0.05, 0) is 138 Å². The summed E-state index contributed by atoms with van der Waals surface area (Å²) in [4.78, 5) is 15.0. The quantitative estimate of drug-likeness (QED) is 0.239. The summed E-state index contributed by atoms with van der Waals surface area (Å²) >= 11 is 2.96. The fraction of sp³-hybridized carbons (Fsp3) is 0.556. The molecular formula is C45H65BrF3N9. The molecule has 0 aliphatic carbocycles. The van der Waals surface area contributed by atoms with Crippen molar-refractivity contribution in [1.82, 2.24) is 20.0 Å². The van der Waals surface area contributed by atoms with Crippen molar-refractivity contribution in [3.05, 3.63) is 99.1 Å². The first-order chi connectivity index (χ1) is 27.8. The molecule has 0 amide bonds. The molecule has 0 atom stereocenters.